The van der Waals surface area contributed by atoms with Gasteiger partial charge in [0.2, 0.25) is 0 Å². The Labute approximate surface area is 107 Å². The van der Waals surface area contributed by atoms with Gasteiger partial charge in [0.1, 0.15) is 5.60 Å². The molecule has 1 aromatic rings. The number of nitrogens with zero attached hydrogens (tertiary/aromatic N) is 1. The average molecular weight is 267 g/mol. The average Bonchev–Trinajstić information content (AvgIpc) is 3.07. The fraction of sp³-hybridized carbons (Fsp3) is 0.538. The summed E-state index contributed by atoms with van der Waals surface area (Å²) in [6.45, 7) is 1.09. The van der Waals surface area contributed by atoms with Gasteiger partial charge in [-0.1, -0.05) is 12.1 Å². The SMILES string of the molecule is CS(=O)(=O)c1ccccc1N1CC(O)(C2CC2)C1. The van der Waals surface area contributed by atoms with Crippen molar-refractivity contribution < 1.29 is 13.5 Å². The highest BCUT2D eigenvalue weighted by Gasteiger charge is 2.52. The van der Waals surface area contributed by atoms with Crippen LogP contribution in [-0.2, 0) is 9.84 Å². The molecule has 1 saturated carbocycles. The lowest BCUT2D eigenvalue weighted by Crippen LogP contribution is -2.63. The maximum absolute atomic E-state index is 11.7. The Balaban J connectivity index is 1.86. The summed E-state index contributed by atoms with van der Waals surface area (Å²) in [6.07, 6.45) is 3.41. The minimum atomic E-state index is -3.22. The van der Waals surface area contributed by atoms with Crippen molar-refractivity contribution in [3.05, 3.63) is 24.3 Å². The molecule has 1 saturated heterocycles. The van der Waals surface area contributed by atoms with E-state index in [4.69, 9.17) is 0 Å². The molecule has 0 atom stereocenters. The van der Waals surface area contributed by atoms with Gasteiger partial charge >= 0.3 is 0 Å². The van der Waals surface area contributed by atoms with Crippen LogP contribution in [0.5, 0.6) is 0 Å². The summed E-state index contributed by atoms with van der Waals surface area (Å²) in [5, 5.41) is 10.3. The second kappa shape index (κ2) is 3.71. The molecule has 1 heterocycles. The number of β-amino-alcohol motifs (C(OH)–C–C–N with tert-alkyl or cyclic N) is 1. The lowest BCUT2D eigenvalue weighted by atomic mass is 9.88. The molecular formula is C13H17NO3S. The lowest BCUT2D eigenvalue weighted by Gasteiger charge is -2.48. The van der Waals surface area contributed by atoms with Gasteiger partial charge in [-0.3, -0.25) is 0 Å². The van der Waals surface area contributed by atoms with Gasteiger partial charge in [-0.2, -0.15) is 0 Å². The number of hydrogen-bond acceptors (Lipinski definition) is 4. The first kappa shape index (κ1) is 12.0. The predicted octanol–water partition coefficient (Wildman–Crippen LogP) is 1.05. The molecule has 0 bridgehead atoms. The van der Waals surface area contributed by atoms with Crippen molar-refractivity contribution in [2.24, 2.45) is 5.92 Å². The molecule has 1 aromatic carbocycles. The maximum Gasteiger partial charge on any atom is 0.177 e. The van der Waals surface area contributed by atoms with Crippen LogP contribution in [0.2, 0.25) is 0 Å². The Morgan fingerprint density at radius 1 is 1.28 bits per heavy atom. The molecule has 0 spiro atoms. The number of sulfone groups is 1. The van der Waals surface area contributed by atoms with Crippen LogP contribution < -0.4 is 4.90 Å². The van der Waals surface area contributed by atoms with Crippen LogP contribution in [0.25, 0.3) is 0 Å². The molecule has 0 amide bonds. The van der Waals surface area contributed by atoms with Gasteiger partial charge in [0, 0.05) is 19.3 Å². The van der Waals surface area contributed by atoms with E-state index in [-0.39, 0.29) is 0 Å². The fourth-order valence-electron chi connectivity index (χ4n) is 2.70. The molecule has 1 aliphatic heterocycles. The van der Waals surface area contributed by atoms with E-state index in [0.29, 0.717) is 29.6 Å². The van der Waals surface area contributed by atoms with E-state index in [2.05, 4.69) is 0 Å². The molecule has 0 aromatic heterocycles. The monoisotopic (exact) mass is 267 g/mol. The van der Waals surface area contributed by atoms with Crippen LogP contribution in [0.4, 0.5) is 5.69 Å². The standard InChI is InChI=1S/C13H17NO3S/c1-18(16,17)12-5-3-2-4-11(12)14-8-13(15,9-14)10-6-7-10/h2-5,10,15H,6-9H2,1H3. The van der Waals surface area contributed by atoms with Gasteiger partial charge in [0.25, 0.3) is 0 Å². The van der Waals surface area contributed by atoms with E-state index in [0.717, 1.165) is 12.8 Å². The summed E-state index contributed by atoms with van der Waals surface area (Å²) < 4.78 is 23.4. The third kappa shape index (κ3) is 1.91. The molecule has 2 aliphatic rings. The van der Waals surface area contributed by atoms with Crippen molar-refractivity contribution in [3.8, 4) is 0 Å². The van der Waals surface area contributed by atoms with Crippen LogP contribution >= 0.6 is 0 Å². The summed E-state index contributed by atoms with van der Waals surface area (Å²) in [6, 6.07) is 6.99. The predicted molar refractivity (Wildman–Crippen MR) is 69.4 cm³/mol. The normalized spacial score (nSPS) is 22.7. The van der Waals surface area contributed by atoms with E-state index < -0.39 is 15.4 Å². The molecule has 98 valence electrons. The van der Waals surface area contributed by atoms with Gasteiger partial charge < -0.3 is 10.0 Å². The van der Waals surface area contributed by atoms with Gasteiger partial charge in [-0.25, -0.2) is 8.42 Å². The van der Waals surface area contributed by atoms with Gasteiger partial charge in [-0.15, -0.1) is 0 Å². The Hall–Kier alpha value is -1.07. The van der Waals surface area contributed by atoms with Gasteiger partial charge in [0.15, 0.2) is 9.84 Å². The van der Waals surface area contributed by atoms with Gasteiger partial charge in [-0.05, 0) is 30.9 Å². The number of para-hydroxylation sites is 1. The van der Waals surface area contributed by atoms with Crippen LogP contribution in [0.1, 0.15) is 12.8 Å². The first-order valence-electron chi connectivity index (χ1n) is 6.17. The quantitative estimate of drug-likeness (QED) is 0.889. The molecule has 5 heteroatoms. The Morgan fingerprint density at radius 3 is 2.44 bits per heavy atom. The minimum absolute atomic E-state index is 0.350. The summed E-state index contributed by atoms with van der Waals surface area (Å²) in [5.74, 6) is 0.416. The van der Waals surface area contributed by atoms with Crippen LogP contribution in [0, 0.1) is 5.92 Å². The van der Waals surface area contributed by atoms with E-state index >= 15 is 0 Å². The largest absolute Gasteiger partial charge is 0.386 e. The van der Waals surface area contributed by atoms with Crippen LogP contribution in [0.3, 0.4) is 0 Å². The zero-order valence-corrected chi connectivity index (χ0v) is 11.2. The molecule has 4 nitrogen and oxygen atoms in total. The van der Waals surface area contributed by atoms with Gasteiger partial charge in [0.05, 0.1) is 10.6 Å². The molecule has 0 unspecified atom stereocenters. The number of benzene rings is 1. The second-order valence-electron chi connectivity index (χ2n) is 5.47. The first-order valence-corrected chi connectivity index (χ1v) is 8.06. The van der Waals surface area contributed by atoms with Crippen molar-refractivity contribution in [1.82, 2.24) is 0 Å². The Morgan fingerprint density at radius 2 is 1.89 bits per heavy atom. The summed E-state index contributed by atoms with van der Waals surface area (Å²) in [5.41, 5.74) is 0.121. The van der Waals surface area contributed by atoms with E-state index in [1.54, 1.807) is 12.1 Å². The lowest BCUT2D eigenvalue weighted by molar-refractivity contribution is -0.00958. The number of rotatable bonds is 3. The second-order valence-corrected chi connectivity index (χ2v) is 7.46. The smallest absolute Gasteiger partial charge is 0.177 e. The summed E-state index contributed by atoms with van der Waals surface area (Å²) in [4.78, 5) is 2.30. The number of hydrogen-bond donors (Lipinski definition) is 1. The molecule has 2 fully saturated rings. The van der Waals surface area contributed by atoms with Crippen molar-refractivity contribution in [3.63, 3.8) is 0 Å². The van der Waals surface area contributed by atoms with Crippen molar-refractivity contribution in [1.29, 1.82) is 0 Å². The molecule has 0 radical (unpaired) electrons. The summed E-state index contributed by atoms with van der Waals surface area (Å²) >= 11 is 0. The Kier molecular flexibility index (Phi) is 2.47. The number of aliphatic hydroxyl groups is 1. The third-order valence-electron chi connectivity index (χ3n) is 3.87. The molecule has 3 rings (SSSR count). The number of anilines is 1. The molecular weight excluding hydrogens is 250 g/mol. The highest BCUT2D eigenvalue weighted by molar-refractivity contribution is 7.90. The topological polar surface area (TPSA) is 57.6 Å². The van der Waals surface area contributed by atoms with E-state index in [1.807, 2.05) is 17.0 Å². The summed E-state index contributed by atoms with van der Waals surface area (Å²) in [7, 11) is -3.22. The minimum Gasteiger partial charge on any atom is -0.386 e. The molecule has 1 aliphatic carbocycles. The van der Waals surface area contributed by atoms with Crippen molar-refractivity contribution >= 4 is 15.5 Å². The highest BCUT2D eigenvalue weighted by atomic mass is 32.2. The van der Waals surface area contributed by atoms with E-state index in [1.165, 1.54) is 6.26 Å². The third-order valence-corrected chi connectivity index (χ3v) is 5.02. The fourth-order valence-corrected chi connectivity index (χ4v) is 3.60. The van der Waals surface area contributed by atoms with Crippen molar-refractivity contribution in [2.45, 2.75) is 23.3 Å². The van der Waals surface area contributed by atoms with E-state index in [9.17, 15) is 13.5 Å². The van der Waals surface area contributed by atoms with Crippen LogP contribution in [0.15, 0.2) is 29.2 Å². The Bertz CT molecular complexity index is 572. The highest BCUT2D eigenvalue weighted by Crippen LogP contribution is 2.46. The zero-order chi connectivity index (χ0) is 13.0. The van der Waals surface area contributed by atoms with Crippen LogP contribution in [-0.4, -0.2) is 38.5 Å². The zero-order valence-electron chi connectivity index (χ0n) is 10.3. The molecule has 18 heavy (non-hydrogen) atoms. The molecule has 1 N–H and O–H groups in total. The first-order chi connectivity index (χ1) is 8.40. The maximum atomic E-state index is 11.7. The van der Waals surface area contributed by atoms with Crippen molar-refractivity contribution in [2.75, 3.05) is 24.2 Å².